The van der Waals surface area contributed by atoms with E-state index in [4.69, 9.17) is 0 Å². The van der Waals surface area contributed by atoms with E-state index < -0.39 is 5.60 Å². The average Bonchev–Trinajstić information content (AvgIpc) is 2.29. The minimum absolute atomic E-state index is 0.0993. The van der Waals surface area contributed by atoms with Crippen molar-refractivity contribution in [3.05, 3.63) is 0 Å². The monoisotopic (exact) mass is 154 g/mol. The predicted molar refractivity (Wildman–Crippen MR) is 41.1 cm³/mol. The van der Waals surface area contributed by atoms with Gasteiger partial charge in [0.2, 0.25) is 0 Å². The van der Waals surface area contributed by atoms with Crippen LogP contribution in [-0.4, -0.2) is 16.5 Å². The second-order valence-corrected chi connectivity index (χ2v) is 3.83. The highest BCUT2D eigenvalue weighted by Gasteiger charge is 2.48. The Kier molecular flexibility index (Phi) is 1.53. The Labute approximate surface area is 66.6 Å². The Bertz CT molecular complexity index is 188. The Hall–Kier alpha value is -0.370. The molecule has 2 aliphatic carbocycles. The normalized spacial score (nSPS) is 44.1. The van der Waals surface area contributed by atoms with E-state index in [0.29, 0.717) is 12.3 Å². The summed E-state index contributed by atoms with van der Waals surface area (Å²) in [6, 6.07) is 0. The molecule has 0 radical (unpaired) electrons. The number of carbonyl (C=O) groups excluding carboxylic acids is 1. The summed E-state index contributed by atoms with van der Waals surface area (Å²) in [5.74, 6) is 0.394. The molecule has 11 heavy (non-hydrogen) atoms. The molecule has 62 valence electrons. The van der Waals surface area contributed by atoms with Crippen LogP contribution in [0.2, 0.25) is 0 Å². The molecule has 0 aliphatic heterocycles. The largest absolute Gasteiger partial charge is 0.382 e. The van der Waals surface area contributed by atoms with Crippen LogP contribution in [0.4, 0.5) is 0 Å². The molecule has 2 fully saturated rings. The number of rotatable bonds is 0. The van der Waals surface area contributed by atoms with Crippen molar-refractivity contribution in [1.82, 2.24) is 0 Å². The van der Waals surface area contributed by atoms with Crippen molar-refractivity contribution < 1.29 is 9.90 Å². The van der Waals surface area contributed by atoms with Crippen LogP contribution < -0.4 is 0 Å². The standard InChI is InChI=1S/C9H14O2/c10-8-5-4-7-3-1-2-6-9(7,8)11/h7,11H,1-6H2/t7-,9+/m1/s1. The van der Waals surface area contributed by atoms with Crippen LogP contribution in [-0.2, 0) is 4.79 Å². The minimum atomic E-state index is -0.891. The van der Waals surface area contributed by atoms with Gasteiger partial charge in [-0.05, 0) is 25.2 Å². The molecule has 0 amide bonds. The van der Waals surface area contributed by atoms with Crippen molar-refractivity contribution in [1.29, 1.82) is 0 Å². The molecule has 2 nitrogen and oxygen atoms in total. The molecule has 2 aliphatic rings. The maximum absolute atomic E-state index is 11.3. The van der Waals surface area contributed by atoms with Crippen LogP contribution in [0.5, 0.6) is 0 Å². The molecule has 2 saturated carbocycles. The fourth-order valence-electron chi connectivity index (χ4n) is 2.50. The lowest BCUT2D eigenvalue weighted by atomic mass is 9.77. The first kappa shape index (κ1) is 7.29. The molecule has 1 N–H and O–H groups in total. The van der Waals surface area contributed by atoms with Crippen LogP contribution in [0, 0.1) is 5.92 Å². The summed E-state index contributed by atoms with van der Waals surface area (Å²) in [6.45, 7) is 0. The van der Waals surface area contributed by atoms with E-state index in [9.17, 15) is 9.90 Å². The fraction of sp³-hybridized carbons (Fsp3) is 0.889. The van der Waals surface area contributed by atoms with Gasteiger partial charge in [-0.15, -0.1) is 0 Å². The third-order valence-electron chi connectivity index (χ3n) is 3.24. The van der Waals surface area contributed by atoms with Crippen molar-refractivity contribution in [2.75, 3.05) is 0 Å². The second kappa shape index (κ2) is 2.31. The Morgan fingerprint density at radius 1 is 1.36 bits per heavy atom. The van der Waals surface area contributed by atoms with Gasteiger partial charge in [0.05, 0.1) is 0 Å². The van der Waals surface area contributed by atoms with Crippen molar-refractivity contribution >= 4 is 5.78 Å². The van der Waals surface area contributed by atoms with Gasteiger partial charge in [0, 0.05) is 6.42 Å². The van der Waals surface area contributed by atoms with E-state index >= 15 is 0 Å². The van der Waals surface area contributed by atoms with Gasteiger partial charge in [0.1, 0.15) is 5.60 Å². The first-order valence-corrected chi connectivity index (χ1v) is 4.49. The first-order chi connectivity index (χ1) is 5.23. The molecule has 0 unspecified atom stereocenters. The molecule has 0 heterocycles. The number of fused-ring (bicyclic) bond motifs is 1. The molecule has 0 bridgehead atoms. The number of aliphatic hydroxyl groups is 1. The van der Waals surface area contributed by atoms with Crippen LogP contribution in [0.1, 0.15) is 38.5 Å². The molecular weight excluding hydrogens is 140 g/mol. The molecule has 2 atom stereocenters. The van der Waals surface area contributed by atoms with E-state index in [0.717, 1.165) is 25.7 Å². The fourth-order valence-corrected chi connectivity index (χ4v) is 2.50. The maximum atomic E-state index is 11.3. The van der Waals surface area contributed by atoms with Crippen LogP contribution in [0.3, 0.4) is 0 Å². The summed E-state index contributed by atoms with van der Waals surface area (Å²) >= 11 is 0. The highest BCUT2D eigenvalue weighted by Crippen LogP contribution is 2.43. The van der Waals surface area contributed by atoms with E-state index in [2.05, 4.69) is 0 Å². The quantitative estimate of drug-likeness (QED) is 0.570. The summed E-state index contributed by atoms with van der Waals surface area (Å²) in [4.78, 5) is 11.3. The van der Waals surface area contributed by atoms with Gasteiger partial charge in [0.25, 0.3) is 0 Å². The minimum Gasteiger partial charge on any atom is -0.382 e. The number of hydrogen-bond donors (Lipinski definition) is 1. The van der Waals surface area contributed by atoms with Gasteiger partial charge in [0.15, 0.2) is 5.78 Å². The number of ketones is 1. The van der Waals surface area contributed by atoms with Gasteiger partial charge in [-0.2, -0.15) is 0 Å². The van der Waals surface area contributed by atoms with E-state index in [1.54, 1.807) is 0 Å². The Morgan fingerprint density at radius 3 is 2.91 bits per heavy atom. The first-order valence-electron chi connectivity index (χ1n) is 4.49. The summed E-state index contributed by atoms with van der Waals surface area (Å²) in [6.07, 6.45) is 5.54. The van der Waals surface area contributed by atoms with Crippen LogP contribution in [0.15, 0.2) is 0 Å². The zero-order valence-corrected chi connectivity index (χ0v) is 6.68. The van der Waals surface area contributed by atoms with Gasteiger partial charge >= 0.3 is 0 Å². The average molecular weight is 154 g/mol. The lowest BCUT2D eigenvalue weighted by Crippen LogP contribution is -2.42. The number of Topliss-reactive ketones (excluding diaryl/α,β-unsaturated/α-hetero) is 1. The molecule has 0 spiro atoms. The second-order valence-electron chi connectivity index (χ2n) is 3.83. The van der Waals surface area contributed by atoms with Crippen molar-refractivity contribution in [2.24, 2.45) is 5.92 Å². The molecular formula is C9H14O2. The van der Waals surface area contributed by atoms with Crippen molar-refractivity contribution in [2.45, 2.75) is 44.1 Å². The third-order valence-corrected chi connectivity index (χ3v) is 3.24. The lowest BCUT2D eigenvalue weighted by molar-refractivity contribution is -0.139. The summed E-state index contributed by atoms with van der Waals surface area (Å²) in [7, 11) is 0. The SMILES string of the molecule is O=C1CC[C@H]2CCCC[C@@]12O. The Balaban J connectivity index is 2.23. The van der Waals surface area contributed by atoms with Gasteiger partial charge < -0.3 is 5.11 Å². The van der Waals surface area contributed by atoms with E-state index in [1.807, 2.05) is 0 Å². The smallest absolute Gasteiger partial charge is 0.164 e. The predicted octanol–water partition coefficient (Wildman–Crippen LogP) is 1.27. The van der Waals surface area contributed by atoms with E-state index in [1.165, 1.54) is 6.42 Å². The molecule has 0 aromatic rings. The highest BCUT2D eigenvalue weighted by atomic mass is 16.3. The molecule has 0 saturated heterocycles. The molecule has 2 rings (SSSR count). The topological polar surface area (TPSA) is 37.3 Å². The zero-order valence-electron chi connectivity index (χ0n) is 6.68. The maximum Gasteiger partial charge on any atom is 0.164 e. The van der Waals surface area contributed by atoms with Gasteiger partial charge in [-0.1, -0.05) is 12.8 Å². The lowest BCUT2D eigenvalue weighted by Gasteiger charge is -2.32. The highest BCUT2D eigenvalue weighted by molar-refractivity contribution is 5.89. The van der Waals surface area contributed by atoms with E-state index in [-0.39, 0.29) is 5.78 Å². The van der Waals surface area contributed by atoms with Crippen molar-refractivity contribution in [3.63, 3.8) is 0 Å². The molecule has 0 aromatic carbocycles. The van der Waals surface area contributed by atoms with Crippen LogP contribution >= 0.6 is 0 Å². The van der Waals surface area contributed by atoms with Crippen molar-refractivity contribution in [3.8, 4) is 0 Å². The summed E-state index contributed by atoms with van der Waals surface area (Å²) < 4.78 is 0. The third kappa shape index (κ3) is 0.924. The van der Waals surface area contributed by atoms with Gasteiger partial charge in [-0.3, -0.25) is 4.79 Å². The molecule has 0 aromatic heterocycles. The van der Waals surface area contributed by atoms with Crippen LogP contribution in [0.25, 0.3) is 0 Å². The summed E-state index contributed by atoms with van der Waals surface area (Å²) in [5.41, 5.74) is -0.891. The summed E-state index contributed by atoms with van der Waals surface area (Å²) in [5, 5.41) is 9.93. The number of carbonyl (C=O) groups is 1. The number of hydrogen-bond acceptors (Lipinski definition) is 2. The zero-order chi connectivity index (χ0) is 7.90. The Morgan fingerprint density at radius 2 is 2.18 bits per heavy atom. The molecule has 2 heteroatoms. The van der Waals surface area contributed by atoms with Gasteiger partial charge in [-0.25, -0.2) is 0 Å².